The summed E-state index contributed by atoms with van der Waals surface area (Å²) in [7, 11) is 0. The van der Waals surface area contributed by atoms with E-state index in [9.17, 15) is 24.6 Å². The van der Waals surface area contributed by atoms with Crippen molar-refractivity contribution in [3.05, 3.63) is 94.7 Å². The van der Waals surface area contributed by atoms with Crippen LogP contribution in [-0.2, 0) is 28.9 Å². The Bertz CT molecular complexity index is 1670. The first kappa shape index (κ1) is 34.9. The van der Waals surface area contributed by atoms with Crippen molar-refractivity contribution in [2.75, 3.05) is 6.54 Å². The minimum Gasteiger partial charge on any atom is -0.508 e. The zero-order valence-electron chi connectivity index (χ0n) is 26.6. The number of carbonyl (C=O) groups is 3. The molecule has 16 heteroatoms. The van der Waals surface area contributed by atoms with Crippen LogP contribution in [0.3, 0.4) is 0 Å². The molecule has 0 aliphatic rings. The number of phenolic OH excluding ortho intramolecular Hbond substituents is 1. The van der Waals surface area contributed by atoms with E-state index in [2.05, 4.69) is 41.4 Å². The third kappa shape index (κ3) is 10.3. The monoisotopic (exact) mass is 660 g/mol. The van der Waals surface area contributed by atoms with Crippen LogP contribution >= 0.6 is 0 Å². The Morgan fingerprint density at radius 3 is 2.38 bits per heavy atom. The lowest BCUT2D eigenvalue weighted by Gasteiger charge is -2.25. The van der Waals surface area contributed by atoms with E-state index in [0.717, 1.165) is 5.56 Å². The number of amides is 3. The molecular weight excluding hydrogens is 620 g/mol. The average molecular weight is 661 g/mol. The topological polar surface area (TPSA) is 257 Å². The van der Waals surface area contributed by atoms with Gasteiger partial charge in [-0.2, -0.15) is 4.98 Å². The van der Waals surface area contributed by atoms with Gasteiger partial charge in [-0.15, -0.1) is 0 Å². The molecule has 4 aromatic rings. The number of hydrogen-bond acceptors (Lipinski definition) is 9. The summed E-state index contributed by atoms with van der Waals surface area (Å²) in [5.41, 5.74) is 9.02. The molecule has 3 atom stereocenters. The number of imidazole rings is 1. The Morgan fingerprint density at radius 2 is 1.73 bits per heavy atom. The SMILES string of the molecule is Cc1cc(O)cc(C)c1CC(NC(=O)C(CCCNC(=N)N)NC(=O)O)C(=O)NC(Cc1c[nH]cn1)c1nc(Cc2ccccc2)no1. The number of phenols is 1. The van der Waals surface area contributed by atoms with E-state index >= 15 is 0 Å². The highest BCUT2D eigenvalue weighted by atomic mass is 16.5. The van der Waals surface area contributed by atoms with Gasteiger partial charge >= 0.3 is 6.09 Å². The lowest BCUT2D eigenvalue weighted by atomic mass is 9.95. The molecule has 4 rings (SSSR count). The van der Waals surface area contributed by atoms with E-state index in [1.807, 2.05) is 30.3 Å². The lowest BCUT2D eigenvalue weighted by molar-refractivity contribution is -0.130. The molecule has 0 saturated carbocycles. The highest BCUT2D eigenvalue weighted by Crippen LogP contribution is 2.23. The Hall–Kier alpha value is -5.93. The zero-order valence-corrected chi connectivity index (χ0v) is 26.6. The van der Waals surface area contributed by atoms with Crippen LogP contribution in [0.15, 0.2) is 59.5 Å². The predicted molar refractivity (Wildman–Crippen MR) is 174 cm³/mol. The largest absolute Gasteiger partial charge is 0.508 e. The fourth-order valence-corrected chi connectivity index (χ4v) is 5.27. The molecule has 3 amide bonds. The van der Waals surface area contributed by atoms with Crippen molar-refractivity contribution in [2.24, 2.45) is 5.73 Å². The van der Waals surface area contributed by atoms with Gasteiger partial charge in [0.15, 0.2) is 11.8 Å². The summed E-state index contributed by atoms with van der Waals surface area (Å²) in [6, 6.07) is 9.49. The van der Waals surface area contributed by atoms with Crippen molar-refractivity contribution < 1.29 is 29.1 Å². The van der Waals surface area contributed by atoms with Gasteiger partial charge in [0.1, 0.15) is 23.9 Å². The van der Waals surface area contributed by atoms with Crippen LogP contribution in [0, 0.1) is 19.3 Å². The van der Waals surface area contributed by atoms with Gasteiger partial charge in [-0.25, -0.2) is 9.78 Å². The minimum absolute atomic E-state index is 0.0272. The number of aryl methyl sites for hydroxylation is 2. The molecule has 0 spiro atoms. The normalized spacial score (nSPS) is 12.8. The molecule has 48 heavy (non-hydrogen) atoms. The Kier molecular flexibility index (Phi) is 12.1. The number of aromatic nitrogens is 4. The van der Waals surface area contributed by atoms with Gasteiger partial charge in [-0.1, -0.05) is 35.5 Å². The van der Waals surface area contributed by atoms with E-state index in [1.165, 1.54) is 6.33 Å². The number of nitrogens with zero attached hydrogens (tertiary/aromatic N) is 3. The molecule has 2 aromatic heterocycles. The third-order valence-electron chi connectivity index (χ3n) is 7.59. The number of aromatic amines is 1. The third-order valence-corrected chi connectivity index (χ3v) is 7.59. The molecule has 0 radical (unpaired) electrons. The van der Waals surface area contributed by atoms with Crippen LogP contribution in [0.4, 0.5) is 4.79 Å². The smallest absolute Gasteiger partial charge is 0.405 e. The molecule has 16 nitrogen and oxygen atoms in total. The maximum Gasteiger partial charge on any atom is 0.405 e. The van der Waals surface area contributed by atoms with E-state index in [1.54, 1.807) is 32.2 Å². The minimum atomic E-state index is -1.41. The standard InChI is InChI=1S/C32H40N10O6/c1-18-11-22(43)12-19(2)23(18)15-25(38-28(44)24(40-32(46)47)9-6-10-36-31(33)34)29(45)39-26(14-21-16-35-17-37-21)30-41-27(42-48-30)13-20-7-4-3-5-8-20/h3-5,7-8,11-12,16-17,24-26,40,43H,6,9-10,13-15H2,1-2H3,(H,35,37)(H,38,44)(H,39,45)(H,46,47)(H4,33,34,36). The predicted octanol–water partition coefficient (Wildman–Crippen LogP) is 1.73. The summed E-state index contributed by atoms with van der Waals surface area (Å²) in [6.45, 7) is 3.80. The summed E-state index contributed by atoms with van der Waals surface area (Å²) in [4.78, 5) is 50.9. The molecule has 3 unspecified atom stereocenters. The van der Waals surface area contributed by atoms with Gasteiger partial charge in [0, 0.05) is 32.0 Å². The van der Waals surface area contributed by atoms with E-state index < -0.39 is 36.0 Å². The highest BCUT2D eigenvalue weighted by Gasteiger charge is 2.31. The first-order valence-electron chi connectivity index (χ1n) is 15.3. The first-order chi connectivity index (χ1) is 23.0. The summed E-state index contributed by atoms with van der Waals surface area (Å²) in [6.07, 6.45) is 2.76. The lowest BCUT2D eigenvalue weighted by Crippen LogP contribution is -2.55. The first-order valence-corrected chi connectivity index (χ1v) is 15.3. The van der Waals surface area contributed by atoms with Crippen molar-refractivity contribution in [3.8, 4) is 5.75 Å². The molecule has 0 saturated heterocycles. The molecule has 0 aliphatic heterocycles. The molecule has 0 fully saturated rings. The number of benzene rings is 2. The summed E-state index contributed by atoms with van der Waals surface area (Å²) < 4.78 is 5.60. The fraction of sp³-hybridized carbons (Fsp3) is 0.344. The molecular formula is C32H40N10O6. The van der Waals surface area contributed by atoms with Gasteiger partial charge in [-0.05, 0) is 61.1 Å². The van der Waals surface area contributed by atoms with Crippen molar-refractivity contribution in [2.45, 2.75) is 64.1 Å². The molecule has 2 aromatic carbocycles. The number of nitrogens with two attached hydrogens (primary N) is 1. The number of hydrogen-bond donors (Lipinski definition) is 9. The van der Waals surface area contributed by atoms with Gasteiger partial charge in [0.25, 0.3) is 0 Å². The number of nitrogens with one attached hydrogen (secondary N) is 6. The number of rotatable bonds is 16. The van der Waals surface area contributed by atoms with Crippen LogP contribution in [0.2, 0.25) is 0 Å². The second-order valence-corrected chi connectivity index (χ2v) is 11.3. The van der Waals surface area contributed by atoms with Crippen LogP contribution in [0.25, 0.3) is 0 Å². The van der Waals surface area contributed by atoms with Gasteiger partial charge < -0.3 is 46.7 Å². The van der Waals surface area contributed by atoms with Gasteiger partial charge in [0.05, 0.1) is 12.0 Å². The average Bonchev–Trinajstić information content (AvgIpc) is 3.72. The van der Waals surface area contributed by atoms with Crippen LogP contribution < -0.4 is 27.0 Å². The second kappa shape index (κ2) is 16.6. The number of H-pyrrole nitrogens is 1. The van der Waals surface area contributed by atoms with Crippen molar-refractivity contribution >= 4 is 23.9 Å². The molecule has 0 bridgehead atoms. The summed E-state index contributed by atoms with van der Waals surface area (Å²) in [5.74, 6) is -0.948. The zero-order chi connectivity index (χ0) is 34.6. The Balaban J connectivity index is 1.60. The van der Waals surface area contributed by atoms with Crippen molar-refractivity contribution in [1.82, 2.24) is 41.4 Å². The van der Waals surface area contributed by atoms with Gasteiger partial charge in [-0.3, -0.25) is 15.0 Å². The molecule has 0 aliphatic carbocycles. The fourth-order valence-electron chi connectivity index (χ4n) is 5.27. The van der Waals surface area contributed by atoms with Crippen molar-refractivity contribution in [3.63, 3.8) is 0 Å². The van der Waals surface area contributed by atoms with E-state index in [-0.39, 0.29) is 43.4 Å². The van der Waals surface area contributed by atoms with Gasteiger partial charge in [0.2, 0.25) is 17.7 Å². The van der Waals surface area contributed by atoms with E-state index in [4.69, 9.17) is 15.7 Å². The molecule has 254 valence electrons. The van der Waals surface area contributed by atoms with Crippen LogP contribution in [0.1, 0.15) is 58.5 Å². The molecule has 2 heterocycles. The van der Waals surface area contributed by atoms with Crippen molar-refractivity contribution in [1.29, 1.82) is 5.41 Å². The number of guanidine groups is 1. The highest BCUT2D eigenvalue weighted by molar-refractivity contribution is 5.91. The number of aromatic hydroxyl groups is 1. The van der Waals surface area contributed by atoms with Crippen LogP contribution in [-0.4, -0.2) is 72.8 Å². The number of carbonyl (C=O) groups excluding carboxylic acids is 2. The Labute approximate surface area is 276 Å². The maximum atomic E-state index is 14.1. The Morgan fingerprint density at radius 1 is 1.02 bits per heavy atom. The maximum absolute atomic E-state index is 14.1. The summed E-state index contributed by atoms with van der Waals surface area (Å²) >= 11 is 0. The van der Waals surface area contributed by atoms with E-state index in [0.29, 0.717) is 41.1 Å². The number of carboxylic acid groups (broad SMARTS) is 1. The second-order valence-electron chi connectivity index (χ2n) is 11.3. The quantitative estimate of drug-likeness (QED) is 0.0475. The van der Waals surface area contributed by atoms with Crippen LogP contribution in [0.5, 0.6) is 5.75 Å². The molecule has 10 N–H and O–H groups in total. The summed E-state index contributed by atoms with van der Waals surface area (Å²) in [5, 5.41) is 41.4.